The number of nitro benzene ring substituents is 1. The topological polar surface area (TPSA) is 100 Å². The summed E-state index contributed by atoms with van der Waals surface area (Å²) >= 11 is 6.10. The first kappa shape index (κ1) is 21.1. The molecular weight excluding hydrogens is 412 g/mol. The number of non-ortho nitro benzene ring substituents is 1. The summed E-state index contributed by atoms with van der Waals surface area (Å²) in [4.78, 5) is 26.8. The molecule has 0 unspecified atom stereocenters. The van der Waals surface area contributed by atoms with E-state index in [1.807, 2.05) is 6.92 Å². The Bertz CT molecular complexity index is 1110. The SMILES string of the molecule is C=C(C)COc1c(/C=C2\N=C(c3ccc([N+](=O)[O-])cc3Cl)OC2=O)cccc1OC. The third kappa shape index (κ3) is 4.49. The zero-order valence-corrected chi connectivity index (χ0v) is 16.9. The molecule has 30 heavy (non-hydrogen) atoms. The zero-order valence-electron chi connectivity index (χ0n) is 16.2. The van der Waals surface area contributed by atoms with E-state index in [0.717, 1.165) is 5.57 Å². The van der Waals surface area contributed by atoms with Gasteiger partial charge in [0, 0.05) is 17.7 Å². The van der Waals surface area contributed by atoms with Crippen LogP contribution in [-0.2, 0) is 9.53 Å². The quantitative estimate of drug-likeness (QED) is 0.211. The summed E-state index contributed by atoms with van der Waals surface area (Å²) in [7, 11) is 1.51. The van der Waals surface area contributed by atoms with Crippen molar-refractivity contribution in [3.05, 3.63) is 80.5 Å². The molecular formula is C21H17ClN2O6. The maximum atomic E-state index is 12.3. The van der Waals surface area contributed by atoms with E-state index in [0.29, 0.717) is 17.1 Å². The van der Waals surface area contributed by atoms with Gasteiger partial charge >= 0.3 is 5.97 Å². The lowest BCUT2D eigenvalue weighted by atomic mass is 10.1. The molecule has 1 aliphatic heterocycles. The molecule has 154 valence electrons. The molecule has 0 saturated heterocycles. The molecule has 0 spiro atoms. The maximum Gasteiger partial charge on any atom is 0.363 e. The lowest BCUT2D eigenvalue weighted by molar-refractivity contribution is -0.384. The molecule has 1 heterocycles. The monoisotopic (exact) mass is 428 g/mol. The van der Waals surface area contributed by atoms with Crippen molar-refractivity contribution >= 4 is 35.2 Å². The number of methoxy groups -OCH3 is 1. The number of nitro groups is 1. The highest BCUT2D eigenvalue weighted by atomic mass is 35.5. The molecule has 0 atom stereocenters. The number of esters is 1. The predicted octanol–water partition coefficient (Wildman–Crippen LogP) is 4.56. The first-order chi connectivity index (χ1) is 14.3. The molecule has 0 amide bonds. The van der Waals surface area contributed by atoms with E-state index in [9.17, 15) is 14.9 Å². The van der Waals surface area contributed by atoms with Crippen molar-refractivity contribution in [2.75, 3.05) is 13.7 Å². The lowest BCUT2D eigenvalue weighted by Gasteiger charge is -2.13. The first-order valence-corrected chi connectivity index (χ1v) is 9.09. The van der Waals surface area contributed by atoms with Crippen LogP contribution in [0.2, 0.25) is 5.02 Å². The normalized spacial score (nSPS) is 14.3. The van der Waals surface area contributed by atoms with Crippen LogP contribution in [-0.4, -0.2) is 30.5 Å². The Kier molecular flexibility index (Phi) is 6.17. The van der Waals surface area contributed by atoms with Gasteiger partial charge in [0.2, 0.25) is 5.90 Å². The summed E-state index contributed by atoms with van der Waals surface area (Å²) in [6, 6.07) is 9.02. The summed E-state index contributed by atoms with van der Waals surface area (Å²) in [5.41, 5.74) is 1.48. The van der Waals surface area contributed by atoms with Crippen LogP contribution in [0.1, 0.15) is 18.1 Å². The van der Waals surface area contributed by atoms with E-state index in [1.54, 1.807) is 18.2 Å². The van der Waals surface area contributed by atoms with Crippen LogP contribution in [0.15, 0.2) is 59.2 Å². The number of cyclic esters (lactones) is 1. The van der Waals surface area contributed by atoms with Crippen LogP contribution < -0.4 is 9.47 Å². The molecule has 0 fully saturated rings. The smallest absolute Gasteiger partial charge is 0.363 e. The molecule has 8 nitrogen and oxygen atoms in total. The number of halogens is 1. The van der Waals surface area contributed by atoms with Crippen molar-refractivity contribution in [3.8, 4) is 11.5 Å². The highest BCUT2D eigenvalue weighted by molar-refractivity contribution is 6.34. The molecule has 3 rings (SSSR count). The van der Waals surface area contributed by atoms with Gasteiger partial charge in [-0.15, -0.1) is 0 Å². The average Bonchev–Trinajstić information content (AvgIpc) is 3.06. The van der Waals surface area contributed by atoms with E-state index >= 15 is 0 Å². The summed E-state index contributed by atoms with van der Waals surface area (Å²) in [6.45, 7) is 5.91. The minimum Gasteiger partial charge on any atom is -0.493 e. The van der Waals surface area contributed by atoms with Gasteiger partial charge in [-0.1, -0.05) is 30.3 Å². The second-order valence-corrected chi connectivity index (χ2v) is 6.79. The van der Waals surface area contributed by atoms with E-state index < -0.39 is 10.9 Å². The second kappa shape index (κ2) is 8.79. The number of carbonyl (C=O) groups is 1. The first-order valence-electron chi connectivity index (χ1n) is 8.71. The molecule has 9 heteroatoms. The van der Waals surface area contributed by atoms with Crippen LogP contribution in [0.25, 0.3) is 6.08 Å². The van der Waals surface area contributed by atoms with E-state index in [4.69, 9.17) is 25.8 Å². The fourth-order valence-electron chi connectivity index (χ4n) is 2.62. The van der Waals surface area contributed by atoms with Gasteiger partial charge in [0.05, 0.1) is 22.6 Å². The van der Waals surface area contributed by atoms with Crippen LogP contribution in [0, 0.1) is 10.1 Å². The largest absolute Gasteiger partial charge is 0.493 e. The predicted molar refractivity (Wildman–Crippen MR) is 112 cm³/mol. The van der Waals surface area contributed by atoms with Gasteiger partial charge in [0.25, 0.3) is 5.69 Å². The van der Waals surface area contributed by atoms with Gasteiger partial charge in [-0.3, -0.25) is 10.1 Å². The number of para-hydroxylation sites is 1. The molecule has 0 aromatic heterocycles. The number of hydrogen-bond donors (Lipinski definition) is 0. The van der Waals surface area contributed by atoms with E-state index in [-0.39, 0.29) is 34.5 Å². The standard InChI is InChI=1S/C21H17ClN2O6/c1-12(2)11-29-19-13(5-4-6-18(19)28-3)9-17-21(25)30-20(23-17)15-8-7-14(24(26)27)10-16(15)22/h4-10H,1,11H2,2-3H3/b17-9-. The third-order valence-electron chi connectivity index (χ3n) is 4.00. The number of aliphatic imine (C=N–C) groups is 1. The molecule has 2 aromatic rings. The van der Waals surface area contributed by atoms with Gasteiger partial charge in [0.1, 0.15) is 6.61 Å². The van der Waals surface area contributed by atoms with E-state index in [1.165, 1.54) is 31.4 Å². The van der Waals surface area contributed by atoms with Gasteiger partial charge < -0.3 is 14.2 Å². The minimum atomic E-state index is -0.687. The molecule has 0 N–H and O–H groups in total. The van der Waals surface area contributed by atoms with Crippen LogP contribution in [0.5, 0.6) is 11.5 Å². The van der Waals surface area contributed by atoms with Crippen LogP contribution in [0.4, 0.5) is 5.69 Å². The number of rotatable bonds is 7. The van der Waals surface area contributed by atoms with E-state index in [2.05, 4.69) is 11.6 Å². The Balaban J connectivity index is 1.99. The second-order valence-electron chi connectivity index (χ2n) is 6.38. The summed E-state index contributed by atoms with van der Waals surface area (Å²) in [6.07, 6.45) is 1.50. The van der Waals surface area contributed by atoms with Crippen molar-refractivity contribution in [2.45, 2.75) is 6.92 Å². The fraction of sp³-hybridized carbons (Fsp3) is 0.143. The Morgan fingerprint density at radius 3 is 2.77 bits per heavy atom. The number of nitrogens with zero attached hydrogens (tertiary/aromatic N) is 2. The number of ether oxygens (including phenoxy) is 3. The fourth-order valence-corrected chi connectivity index (χ4v) is 2.88. The lowest BCUT2D eigenvalue weighted by Crippen LogP contribution is -2.06. The van der Waals surface area contributed by atoms with Crippen molar-refractivity contribution in [3.63, 3.8) is 0 Å². The zero-order chi connectivity index (χ0) is 21.8. The molecule has 0 bridgehead atoms. The molecule has 1 aliphatic rings. The molecule has 0 radical (unpaired) electrons. The maximum absolute atomic E-state index is 12.3. The van der Waals surface area contributed by atoms with Gasteiger partial charge in [-0.2, -0.15) is 0 Å². The van der Waals surface area contributed by atoms with Crippen LogP contribution in [0.3, 0.4) is 0 Å². The Labute approximate surface area is 177 Å². The van der Waals surface area contributed by atoms with Gasteiger partial charge in [-0.05, 0) is 30.7 Å². The van der Waals surface area contributed by atoms with Crippen molar-refractivity contribution in [2.24, 2.45) is 4.99 Å². The van der Waals surface area contributed by atoms with Crippen LogP contribution >= 0.6 is 11.6 Å². The van der Waals surface area contributed by atoms with Gasteiger partial charge in [0.15, 0.2) is 17.2 Å². The molecule has 0 saturated carbocycles. The summed E-state index contributed by atoms with van der Waals surface area (Å²) in [5, 5.41) is 10.9. The Morgan fingerprint density at radius 1 is 1.37 bits per heavy atom. The summed E-state index contributed by atoms with van der Waals surface area (Å²) < 4.78 is 16.3. The number of benzene rings is 2. The molecule has 0 aliphatic carbocycles. The Morgan fingerprint density at radius 2 is 2.13 bits per heavy atom. The highest BCUT2D eigenvalue weighted by Crippen LogP contribution is 2.34. The summed E-state index contributed by atoms with van der Waals surface area (Å²) in [5.74, 6) is 0.187. The van der Waals surface area contributed by atoms with Crippen molar-refractivity contribution in [1.82, 2.24) is 0 Å². The third-order valence-corrected chi connectivity index (χ3v) is 4.31. The number of hydrogen-bond acceptors (Lipinski definition) is 7. The average molecular weight is 429 g/mol. The highest BCUT2D eigenvalue weighted by Gasteiger charge is 2.27. The minimum absolute atomic E-state index is 0.0212. The number of carbonyl (C=O) groups excluding carboxylic acids is 1. The van der Waals surface area contributed by atoms with Crippen molar-refractivity contribution in [1.29, 1.82) is 0 Å². The molecule has 2 aromatic carbocycles. The Hall–Kier alpha value is -3.65. The van der Waals surface area contributed by atoms with Gasteiger partial charge in [-0.25, -0.2) is 9.79 Å². The van der Waals surface area contributed by atoms with Crippen molar-refractivity contribution < 1.29 is 23.9 Å².